The monoisotopic (exact) mass is 406 g/mol. The molecule has 2 aromatic carbocycles. The SMILES string of the molecule is CCOc1ccc(-c2ccc(-c3ccc(-c4ccc(OCC)cc4)s3)s2)cc1. The van der Waals surface area contributed by atoms with Crippen LogP contribution < -0.4 is 9.47 Å². The second-order valence-corrected chi connectivity index (χ2v) is 8.41. The molecule has 0 aliphatic rings. The van der Waals surface area contributed by atoms with Gasteiger partial charge in [-0.05, 0) is 97.8 Å². The van der Waals surface area contributed by atoms with Crippen LogP contribution in [0.3, 0.4) is 0 Å². The predicted octanol–water partition coefficient (Wildman–Crippen LogP) is 7.61. The molecule has 28 heavy (non-hydrogen) atoms. The summed E-state index contributed by atoms with van der Waals surface area (Å²) in [5.41, 5.74) is 2.45. The molecular formula is C24H22O2S2. The molecule has 0 amide bonds. The highest BCUT2D eigenvalue weighted by Crippen LogP contribution is 2.40. The van der Waals surface area contributed by atoms with Crippen molar-refractivity contribution in [1.29, 1.82) is 0 Å². The van der Waals surface area contributed by atoms with Crippen LogP contribution in [0.1, 0.15) is 13.8 Å². The summed E-state index contributed by atoms with van der Waals surface area (Å²) in [7, 11) is 0. The molecule has 0 bridgehead atoms. The van der Waals surface area contributed by atoms with Crippen LogP contribution in [0.15, 0.2) is 72.8 Å². The van der Waals surface area contributed by atoms with Gasteiger partial charge in [0.15, 0.2) is 0 Å². The molecule has 0 radical (unpaired) electrons. The van der Waals surface area contributed by atoms with Crippen LogP contribution in [0.2, 0.25) is 0 Å². The van der Waals surface area contributed by atoms with Gasteiger partial charge in [0, 0.05) is 19.5 Å². The molecule has 2 heterocycles. The molecule has 0 saturated carbocycles. The third kappa shape index (κ3) is 4.13. The molecule has 142 valence electrons. The Balaban J connectivity index is 1.53. The van der Waals surface area contributed by atoms with Gasteiger partial charge in [0.05, 0.1) is 13.2 Å². The molecule has 0 aliphatic heterocycles. The van der Waals surface area contributed by atoms with Crippen molar-refractivity contribution in [2.75, 3.05) is 13.2 Å². The average molecular weight is 407 g/mol. The summed E-state index contributed by atoms with van der Waals surface area (Å²) in [6, 6.07) is 25.5. The number of hydrogen-bond donors (Lipinski definition) is 0. The van der Waals surface area contributed by atoms with E-state index >= 15 is 0 Å². The topological polar surface area (TPSA) is 18.5 Å². The van der Waals surface area contributed by atoms with Crippen molar-refractivity contribution in [3.05, 3.63) is 72.8 Å². The second-order valence-electron chi connectivity index (χ2n) is 6.24. The van der Waals surface area contributed by atoms with E-state index in [1.54, 1.807) is 0 Å². The van der Waals surface area contributed by atoms with E-state index in [0.29, 0.717) is 13.2 Å². The number of ether oxygens (including phenoxy) is 2. The first-order chi connectivity index (χ1) is 13.8. The molecule has 4 heteroatoms. The lowest BCUT2D eigenvalue weighted by Crippen LogP contribution is -1.90. The molecule has 4 aromatic rings. The number of rotatable bonds is 7. The highest BCUT2D eigenvalue weighted by molar-refractivity contribution is 7.25. The highest BCUT2D eigenvalue weighted by Gasteiger charge is 2.09. The minimum atomic E-state index is 0.692. The van der Waals surface area contributed by atoms with E-state index in [4.69, 9.17) is 9.47 Å². The van der Waals surface area contributed by atoms with Gasteiger partial charge in [0.1, 0.15) is 11.5 Å². The number of thiophene rings is 2. The van der Waals surface area contributed by atoms with E-state index in [2.05, 4.69) is 48.5 Å². The van der Waals surface area contributed by atoms with Gasteiger partial charge in [-0.2, -0.15) is 0 Å². The van der Waals surface area contributed by atoms with Gasteiger partial charge >= 0.3 is 0 Å². The van der Waals surface area contributed by atoms with Crippen molar-refractivity contribution < 1.29 is 9.47 Å². The van der Waals surface area contributed by atoms with E-state index < -0.39 is 0 Å². The Labute approximate surface area is 174 Å². The molecule has 4 rings (SSSR count). The Bertz CT molecular complexity index is 941. The third-order valence-corrected chi connectivity index (χ3v) is 6.82. The van der Waals surface area contributed by atoms with Crippen LogP contribution >= 0.6 is 22.7 Å². The van der Waals surface area contributed by atoms with Crippen molar-refractivity contribution in [2.24, 2.45) is 0 Å². The van der Waals surface area contributed by atoms with Crippen LogP contribution in [0.4, 0.5) is 0 Å². The van der Waals surface area contributed by atoms with E-state index in [-0.39, 0.29) is 0 Å². The quantitative estimate of drug-likeness (QED) is 0.314. The Morgan fingerprint density at radius 2 is 0.857 bits per heavy atom. The normalized spacial score (nSPS) is 10.8. The first-order valence-corrected chi connectivity index (χ1v) is 11.1. The predicted molar refractivity (Wildman–Crippen MR) is 121 cm³/mol. The van der Waals surface area contributed by atoms with Crippen LogP contribution in [0, 0.1) is 0 Å². The molecule has 0 atom stereocenters. The van der Waals surface area contributed by atoms with Gasteiger partial charge in [0.2, 0.25) is 0 Å². The lowest BCUT2D eigenvalue weighted by Gasteiger charge is -2.03. The van der Waals surface area contributed by atoms with Crippen molar-refractivity contribution in [1.82, 2.24) is 0 Å². The third-order valence-electron chi connectivity index (χ3n) is 4.35. The Kier molecular flexibility index (Phi) is 5.79. The fourth-order valence-corrected chi connectivity index (χ4v) is 5.13. The Morgan fingerprint density at radius 3 is 1.21 bits per heavy atom. The van der Waals surface area contributed by atoms with Crippen molar-refractivity contribution in [2.45, 2.75) is 13.8 Å². The average Bonchev–Trinajstić information content (AvgIpc) is 3.40. The molecule has 0 fully saturated rings. The first kappa shape index (κ1) is 18.8. The van der Waals surface area contributed by atoms with Crippen molar-refractivity contribution in [3.63, 3.8) is 0 Å². The molecule has 0 N–H and O–H groups in total. The molecule has 0 spiro atoms. The smallest absolute Gasteiger partial charge is 0.119 e. The zero-order valence-electron chi connectivity index (χ0n) is 16.0. The summed E-state index contributed by atoms with van der Waals surface area (Å²) in [4.78, 5) is 5.14. The number of benzene rings is 2. The van der Waals surface area contributed by atoms with E-state index in [1.165, 1.54) is 30.6 Å². The van der Waals surface area contributed by atoms with Crippen LogP contribution in [0.25, 0.3) is 30.6 Å². The zero-order valence-corrected chi connectivity index (χ0v) is 17.6. The molecule has 2 nitrogen and oxygen atoms in total. The molecule has 0 saturated heterocycles. The minimum Gasteiger partial charge on any atom is -0.494 e. The summed E-state index contributed by atoms with van der Waals surface area (Å²) < 4.78 is 11.1. The Morgan fingerprint density at radius 1 is 0.500 bits per heavy atom. The van der Waals surface area contributed by atoms with Gasteiger partial charge < -0.3 is 9.47 Å². The molecule has 0 unspecified atom stereocenters. The first-order valence-electron chi connectivity index (χ1n) is 9.43. The minimum absolute atomic E-state index is 0.692. The molecule has 0 aliphatic carbocycles. The van der Waals surface area contributed by atoms with Gasteiger partial charge in [-0.25, -0.2) is 0 Å². The van der Waals surface area contributed by atoms with Crippen LogP contribution in [-0.2, 0) is 0 Å². The summed E-state index contributed by atoms with van der Waals surface area (Å²) in [6.07, 6.45) is 0. The van der Waals surface area contributed by atoms with Gasteiger partial charge in [-0.3, -0.25) is 0 Å². The lowest BCUT2D eigenvalue weighted by atomic mass is 10.2. The van der Waals surface area contributed by atoms with E-state index in [0.717, 1.165) is 11.5 Å². The fourth-order valence-electron chi connectivity index (χ4n) is 3.02. The van der Waals surface area contributed by atoms with E-state index in [1.807, 2.05) is 60.8 Å². The summed E-state index contributed by atoms with van der Waals surface area (Å²) >= 11 is 3.65. The molecular weight excluding hydrogens is 384 g/mol. The van der Waals surface area contributed by atoms with Gasteiger partial charge in [-0.15, -0.1) is 22.7 Å². The lowest BCUT2D eigenvalue weighted by molar-refractivity contribution is 0.340. The fraction of sp³-hybridized carbons (Fsp3) is 0.167. The largest absolute Gasteiger partial charge is 0.494 e. The maximum Gasteiger partial charge on any atom is 0.119 e. The van der Waals surface area contributed by atoms with Crippen LogP contribution in [0.5, 0.6) is 11.5 Å². The summed E-state index contributed by atoms with van der Waals surface area (Å²) in [5, 5.41) is 0. The summed E-state index contributed by atoms with van der Waals surface area (Å²) in [6.45, 7) is 5.39. The molecule has 2 aromatic heterocycles. The maximum atomic E-state index is 5.53. The maximum absolute atomic E-state index is 5.53. The Hall–Kier alpha value is -2.56. The second kappa shape index (κ2) is 8.63. The van der Waals surface area contributed by atoms with Gasteiger partial charge in [-0.1, -0.05) is 0 Å². The zero-order chi connectivity index (χ0) is 19.3. The number of hydrogen-bond acceptors (Lipinski definition) is 4. The van der Waals surface area contributed by atoms with E-state index in [9.17, 15) is 0 Å². The summed E-state index contributed by atoms with van der Waals surface area (Å²) in [5.74, 6) is 1.84. The highest BCUT2D eigenvalue weighted by atomic mass is 32.1. The van der Waals surface area contributed by atoms with Crippen LogP contribution in [-0.4, -0.2) is 13.2 Å². The van der Waals surface area contributed by atoms with Crippen molar-refractivity contribution in [3.8, 4) is 42.1 Å². The van der Waals surface area contributed by atoms with Gasteiger partial charge in [0.25, 0.3) is 0 Å². The standard InChI is InChI=1S/C24H22O2S2/c1-3-25-19-9-5-17(6-10-19)21-13-15-23(27-21)24-16-14-22(28-24)18-7-11-20(12-8-18)26-4-2/h5-16H,3-4H2,1-2H3. The van der Waals surface area contributed by atoms with Crippen molar-refractivity contribution >= 4 is 22.7 Å².